The number of carbonyl (C=O) groups excluding carboxylic acids is 1. The molecule has 6 nitrogen and oxygen atoms in total. The van der Waals surface area contributed by atoms with Gasteiger partial charge in [0.05, 0.1) is 6.20 Å². The first kappa shape index (κ1) is 10.9. The molecule has 0 aliphatic carbocycles. The highest BCUT2D eigenvalue weighted by Gasteiger charge is 2.23. The zero-order chi connectivity index (χ0) is 11.5. The Morgan fingerprint density at radius 1 is 1.81 bits per heavy atom. The lowest BCUT2D eigenvalue weighted by Gasteiger charge is -2.09. The summed E-state index contributed by atoms with van der Waals surface area (Å²) in [6.45, 7) is 1.07. The van der Waals surface area contributed by atoms with Gasteiger partial charge in [0.25, 0.3) is 0 Å². The molecule has 2 rings (SSSR count). The van der Waals surface area contributed by atoms with E-state index < -0.39 is 0 Å². The van der Waals surface area contributed by atoms with Gasteiger partial charge in [-0.25, -0.2) is 0 Å². The number of hydrogen-bond donors (Lipinski definition) is 2. The normalized spacial score (nSPS) is 19.9. The number of nitrogens with zero attached hydrogens (tertiary/aromatic N) is 2. The van der Waals surface area contributed by atoms with Crippen LogP contribution in [0, 0.1) is 0 Å². The van der Waals surface area contributed by atoms with Gasteiger partial charge < -0.3 is 15.8 Å². The van der Waals surface area contributed by atoms with Crippen molar-refractivity contribution in [1.82, 2.24) is 15.1 Å². The third-order valence-electron chi connectivity index (χ3n) is 2.74. The molecule has 0 aromatic carbocycles. The first-order valence-electron chi connectivity index (χ1n) is 5.34. The molecule has 1 aromatic rings. The van der Waals surface area contributed by atoms with Crippen molar-refractivity contribution in [3.05, 3.63) is 11.8 Å². The van der Waals surface area contributed by atoms with E-state index in [1.165, 1.54) is 0 Å². The predicted molar refractivity (Wildman–Crippen MR) is 58.4 cm³/mol. The van der Waals surface area contributed by atoms with E-state index in [0.29, 0.717) is 19.0 Å². The molecule has 88 valence electrons. The van der Waals surface area contributed by atoms with E-state index in [2.05, 4.69) is 10.4 Å². The smallest absolute Gasteiger partial charge is 0.249 e. The van der Waals surface area contributed by atoms with Crippen molar-refractivity contribution in [2.24, 2.45) is 7.05 Å². The van der Waals surface area contributed by atoms with E-state index in [-0.39, 0.29) is 12.0 Å². The minimum atomic E-state index is -0.294. The van der Waals surface area contributed by atoms with Crippen molar-refractivity contribution in [2.75, 3.05) is 12.3 Å². The molecule has 0 unspecified atom stereocenters. The number of carbonyl (C=O) groups is 1. The fraction of sp³-hybridized carbons (Fsp3) is 0.600. The molecule has 1 aliphatic rings. The average molecular weight is 224 g/mol. The van der Waals surface area contributed by atoms with Gasteiger partial charge in [0.15, 0.2) is 0 Å². The molecule has 1 fully saturated rings. The summed E-state index contributed by atoms with van der Waals surface area (Å²) in [7, 11) is 1.76. The van der Waals surface area contributed by atoms with Gasteiger partial charge in [-0.05, 0) is 12.8 Å². The summed E-state index contributed by atoms with van der Waals surface area (Å²) in [6, 6.07) is 0. The van der Waals surface area contributed by atoms with Crippen LogP contribution in [0.4, 0.5) is 5.82 Å². The highest BCUT2D eigenvalue weighted by atomic mass is 16.5. The second-order valence-electron chi connectivity index (χ2n) is 3.90. The number of ether oxygens (including phenoxy) is 1. The van der Waals surface area contributed by atoms with Crippen molar-refractivity contribution >= 4 is 11.7 Å². The minimum absolute atomic E-state index is 0.0687. The van der Waals surface area contributed by atoms with Gasteiger partial charge in [0.1, 0.15) is 11.9 Å². The monoisotopic (exact) mass is 224 g/mol. The van der Waals surface area contributed by atoms with Crippen LogP contribution in [0.1, 0.15) is 18.4 Å². The molecule has 0 spiro atoms. The lowest BCUT2D eigenvalue weighted by Crippen LogP contribution is -2.33. The number of nitrogens with one attached hydrogen (secondary N) is 1. The third-order valence-corrected chi connectivity index (χ3v) is 2.74. The van der Waals surface area contributed by atoms with Crippen LogP contribution in [-0.2, 0) is 23.1 Å². The second-order valence-corrected chi connectivity index (χ2v) is 3.90. The number of aryl methyl sites for hydroxylation is 1. The highest BCUT2D eigenvalue weighted by molar-refractivity contribution is 5.81. The predicted octanol–water partition coefficient (Wildman–Crippen LogP) is -0.203. The highest BCUT2D eigenvalue weighted by Crippen LogP contribution is 2.13. The molecule has 2 heterocycles. The van der Waals surface area contributed by atoms with Gasteiger partial charge in [-0.15, -0.1) is 0 Å². The van der Waals surface area contributed by atoms with E-state index in [4.69, 9.17) is 10.5 Å². The summed E-state index contributed by atoms with van der Waals surface area (Å²) in [6.07, 6.45) is 3.12. The first-order chi connectivity index (χ1) is 7.68. The van der Waals surface area contributed by atoms with Crippen LogP contribution in [0.5, 0.6) is 0 Å². The van der Waals surface area contributed by atoms with Crippen LogP contribution >= 0.6 is 0 Å². The molecule has 1 amide bonds. The van der Waals surface area contributed by atoms with Crippen molar-refractivity contribution in [3.63, 3.8) is 0 Å². The molecule has 0 bridgehead atoms. The van der Waals surface area contributed by atoms with Crippen molar-refractivity contribution in [2.45, 2.75) is 25.5 Å². The molecular formula is C10H16N4O2. The van der Waals surface area contributed by atoms with Crippen LogP contribution in [0.25, 0.3) is 0 Å². The van der Waals surface area contributed by atoms with Gasteiger partial charge in [-0.3, -0.25) is 9.48 Å². The van der Waals surface area contributed by atoms with Gasteiger partial charge in [-0.2, -0.15) is 5.10 Å². The summed E-state index contributed by atoms with van der Waals surface area (Å²) in [4.78, 5) is 11.6. The van der Waals surface area contributed by atoms with Gasteiger partial charge in [-0.1, -0.05) is 0 Å². The number of aromatic nitrogens is 2. The second kappa shape index (κ2) is 4.52. The number of amides is 1. The van der Waals surface area contributed by atoms with Crippen LogP contribution in [0.2, 0.25) is 0 Å². The van der Waals surface area contributed by atoms with Crippen LogP contribution in [0.15, 0.2) is 6.20 Å². The number of rotatable bonds is 3. The lowest BCUT2D eigenvalue weighted by atomic mass is 10.2. The molecule has 1 aromatic heterocycles. The maximum Gasteiger partial charge on any atom is 0.249 e. The molecule has 1 saturated heterocycles. The molecule has 0 radical (unpaired) electrons. The summed E-state index contributed by atoms with van der Waals surface area (Å²) >= 11 is 0. The number of anilines is 1. The molecule has 0 saturated carbocycles. The number of hydrogen-bond acceptors (Lipinski definition) is 4. The Hall–Kier alpha value is -1.56. The van der Waals surface area contributed by atoms with E-state index in [1.807, 2.05) is 0 Å². The van der Waals surface area contributed by atoms with Gasteiger partial charge in [0, 0.05) is 25.8 Å². The molecular weight excluding hydrogens is 208 g/mol. The fourth-order valence-corrected chi connectivity index (χ4v) is 1.71. The maximum absolute atomic E-state index is 11.6. The summed E-state index contributed by atoms with van der Waals surface area (Å²) in [5, 5.41) is 6.80. The van der Waals surface area contributed by atoms with Gasteiger partial charge in [0.2, 0.25) is 5.91 Å². The maximum atomic E-state index is 11.6. The van der Waals surface area contributed by atoms with Crippen molar-refractivity contribution in [1.29, 1.82) is 0 Å². The number of nitrogen functional groups attached to an aromatic ring is 1. The fourth-order valence-electron chi connectivity index (χ4n) is 1.71. The molecule has 16 heavy (non-hydrogen) atoms. The topological polar surface area (TPSA) is 82.2 Å². The Labute approximate surface area is 93.8 Å². The van der Waals surface area contributed by atoms with Crippen LogP contribution in [-0.4, -0.2) is 28.4 Å². The SMILES string of the molecule is Cn1ncc(CNC(=O)[C@@H]2CCCO2)c1N. The average Bonchev–Trinajstić information content (AvgIpc) is 2.89. The van der Waals surface area contributed by atoms with E-state index in [0.717, 1.165) is 18.4 Å². The summed E-state index contributed by atoms with van der Waals surface area (Å²) in [5.41, 5.74) is 6.59. The van der Waals surface area contributed by atoms with Crippen LogP contribution < -0.4 is 11.1 Å². The zero-order valence-electron chi connectivity index (χ0n) is 9.27. The van der Waals surface area contributed by atoms with Crippen molar-refractivity contribution in [3.8, 4) is 0 Å². The van der Waals surface area contributed by atoms with Crippen LogP contribution in [0.3, 0.4) is 0 Å². The standard InChI is InChI=1S/C10H16N4O2/c1-14-9(11)7(6-13-14)5-12-10(15)8-3-2-4-16-8/h6,8H,2-5,11H2,1H3,(H,12,15)/t8-/m0/s1. The zero-order valence-corrected chi connectivity index (χ0v) is 9.27. The van der Waals surface area contributed by atoms with Crippen molar-refractivity contribution < 1.29 is 9.53 Å². The van der Waals surface area contributed by atoms with E-state index in [9.17, 15) is 4.79 Å². The minimum Gasteiger partial charge on any atom is -0.384 e. The molecule has 1 aliphatic heterocycles. The third kappa shape index (κ3) is 2.16. The Morgan fingerprint density at radius 2 is 2.62 bits per heavy atom. The van der Waals surface area contributed by atoms with E-state index >= 15 is 0 Å². The molecule has 3 N–H and O–H groups in total. The lowest BCUT2D eigenvalue weighted by molar-refractivity contribution is -0.130. The molecule has 6 heteroatoms. The quantitative estimate of drug-likeness (QED) is 0.744. The summed E-state index contributed by atoms with van der Waals surface area (Å²) < 4.78 is 6.85. The largest absolute Gasteiger partial charge is 0.384 e. The van der Waals surface area contributed by atoms with E-state index in [1.54, 1.807) is 17.9 Å². The Morgan fingerprint density at radius 3 is 3.19 bits per heavy atom. The Kier molecular flexibility index (Phi) is 3.09. The Balaban J connectivity index is 1.87. The Bertz CT molecular complexity index is 382. The summed E-state index contributed by atoms with van der Waals surface area (Å²) in [5.74, 6) is 0.508. The first-order valence-corrected chi connectivity index (χ1v) is 5.34. The van der Waals surface area contributed by atoms with Gasteiger partial charge >= 0.3 is 0 Å². The molecule has 1 atom stereocenters. The number of nitrogens with two attached hydrogens (primary N) is 1.